The van der Waals surface area contributed by atoms with Crippen LogP contribution in [-0.4, -0.2) is 10.9 Å². The van der Waals surface area contributed by atoms with Crippen molar-refractivity contribution in [1.82, 2.24) is 4.98 Å². The number of benzene rings is 3. The van der Waals surface area contributed by atoms with Gasteiger partial charge in [-0.1, -0.05) is 74.0 Å². The number of pyridine rings is 1. The number of hydrogen-bond donors (Lipinski definition) is 2. The number of rotatable bonds is 7. The first-order valence-corrected chi connectivity index (χ1v) is 11.3. The molecule has 4 rings (SSSR count). The molecule has 1 heterocycles. The molecule has 3 aromatic carbocycles. The highest BCUT2D eigenvalue weighted by atomic mass is 35.5. The van der Waals surface area contributed by atoms with Crippen molar-refractivity contribution in [3.63, 3.8) is 0 Å². The lowest BCUT2D eigenvalue weighted by Gasteiger charge is -2.15. The smallest absolute Gasteiger partial charge is 0.257 e. The summed E-state index contributed by atoms with van der Waals surface area (Å²) in [4.78, 5) is 17.6. The number of aromatic nitrogens is 1. The maximum absolute atomic E-state index is 13.2. The molecule has 2 N–H and O–H groups in total. The van der Waals surface area contributed by atoms with E-state index in [2.05, 4.69) is 29.5 Å². The third kappa shape index (κ3) is 5.60. The zero-order valence-corrected chi connectivity index (χ0v) is 19.4. The van der Waals surface area contributed by atoms with Crippen LogP contribution in [0.2, 0.25) is 5.02 Å². The van der Waals surface area contributed by atoms with E-state index < -0.39 is 0 Å². The largest absolute Gasteiger partial charge is 0.380 e. The highest BCUT2D eigenvalue weighted by molar-refractivity contribution is 6.33. The summed E-state index contributed by atoms with van der Waals surface area (Å²) in [5.41, 5.74) is 5.90. The van der Waals surface area contributed by atoms with Crippen LogP contribution in [0, 0.1) is 0 Å². The van der Waals surface area contributed by atoms with Gasteiger partial charge >= 0.3 is 0 Å². The van der Waals surface area contributed by atoms with Crippen LogP contribution in [0.15, 0.2) is 91.1 Å². The van der Waals surface area contributed by atoms with Crippen molar-refractivity contribution in [1.29, 1.82) is 0 Å². The fraction of sp³-hybridized carbons (Fsp3) is 0.143. The van der Waals surface area contributed by atoms with Crippen molar-refractivity contribution in [3.05, 3.63) is 113 Å². The summed E-state index contributed by atoms with van der Waals surface area (Å²) in [6, 6.07) is 27.2. The van der Waals surface area contributed by atoms with Crippen LogP contribution >= 0.6 is 11.6 Å². The number of halogens is 1. The van der Waals surface area contributed by atoms with Gasteiger partial charge in [0, 0.05) is 29.7 Å². The molecule has 0 fully saturated rings. The van der Waals surface area contributed by atoms with Gasteiger partial charge in [-0.25, -0.2) is 0 Å². The van der Waals surface area contributed by atoms with E-state index in [-0.39, 0.29) is 5.91 Å². The van der Waals surface area contributed by atoms with Crippen molar-refractivity contribution < 1.29 is 4.79 Å². The molecule has 4 nitrogen and oxygen atoms in total. The molecule has 0 saturated carbocycles. The van der Waals surface area contributed by atoms with Crippen molar-refractivity contribution in [2.75, 3.05) is 10.6 Å². The number of amides is 1. The van der Waals surface area contributed by atoms with Gasteiger partial charge in [0.15, 0.2) is 0 Å². The molecule has 0 aliphatic carbocycles. The lowest BCUT2D eigenvalue weighted by molar-refractivity contribution is 0.102. The second kappa shape index (κ2) is 10.3. The molecular weight excluding hydrogens is 430 g/mol. The molecule has 0 aliphatic heterocycles. The molecule has 0 aliphatic rings. The fourth-order valence-corrected chi connectivity index (χ4v) is 3.81. The SMILES string of the molecule is CC(C)c1ccc(NC(=O)c2ccc(-c3ncccc3Cl)cc2NCc2ccccc2)cc1. The number of carbonyl (C=O) groups excluding carboxylic acids is 1. The number of nitrogens with one attached hydrogen (secondary N) is 2. The molecule has 0 bridgehead atoms. The average molecular weight is 456 g/mol. The predicted molar refractivity (Wildman–Crippen MR) is 137 cm³/mol. The lowest BCUT2D eigenvalue weighted by Crippen LogP contribution is -2.15. The zero-order chi connectivity index (χ0) is 23.2. The van der Waals surface area contributed by atoms with E-state index >= 15 is 0 Å². The molecule has 166 valence electrons. The summed E-state index contributed by atoms with van der Waals surface area (Å²) < 4.78 is 0. The minimum Gasteiger partial charge on any atom is -0.380 e. The number of anilines is 2. The molecular formula is C28H26ClN3O. The standard InChI is InChI=1S/C28H26ClN3O/c1-19(2)21-10-13-23(14-11-21)32-28(33)24-15-12-22(27-25(29)9-6-16-30-27)17-26(24)31-18-20-7-4-3-5-8-20/h3-17,19,31H,18H2,1-2H3,(H,32,33). The Morgan fingerprint density at radius 3 is 2.39 bits per heavy atom. The molecule has 1 aromatic heterocycles. The number of hydrogen-bond acceptors (Lipinski definition) is 3. The maximum Gasteiger partial charge on any atom is 0.257 e. The highest BCUT2D eigenvalue weighted by Gasteiger charge is 2.15. The van der Waals surface area contributed by atoms with Crippen LogP contribution in [0.4, 0.5) is 11.4 Å². The Morgan fingerprint density at radius 1 is 0.939 bits per heavy atom. The fourth-order valence-electron chi connectivity index (χ4n) is 3.58. The predicted octanol–water partition coefficient (Wildman–Crippen LogP) is 7.39. The Bertz CT molecular complexity index is 1240. The third-order valence-corrected chi connectivity index (χ3v) is 5.76. The van der Waals surface area contributed by atoms with E-state index in [1.54, 1.807) is 12.3 Å². The first-order valence-electron chi connectivity index (χ1n) is 11.0. The Kier molecular flexibility index (Phi) is 7.06. The molecule has 1 amide bonds. The Hall–Kier alpha value is -3.63. The summed E-state index contributed by atoms with van der Waals surface area (Å²) in [5, 5.41) is 6.99. The van der Waals surface area contributed by atoms with Crippen molar-refractivity contribution in [2.45, 2.75) is 26.3 Å². The van der Waals surface area contributed by atoms with Crippen molar-refractivity contribution in [2.24, 2.45) is 0 Å². The molecule has 5 heteroatoms. The number of carbonyl (C=O) groups is 1. The van der Waals surface area contributed by atoms with Crippen LogP contribution in [0.5, 0.6) is 0 Å². The van der Waals surface area contributed by atoms with E-state index in [9.17, 15) is 4.79 Å². The van der Waals surface area contributed by atoms with Gasteiger partial charge in [0.25, 0.3) is 5.91 Å². The molecule has 4 aromatic rings. The van der Waals surface area contributed by atoms with Crippen molar-refractivity contribution >= 4 is 28.9 Å². The van der Waals surface area contributed by atoms with Crippen LogP contribution < -0.4 is 10.6 Å². The molecule has 33 heavy (non-hydrogen) atoms. The topological polar surface area (TPSA) is 54.0 Å². The Labute approximate surface area is 199 Å². The average Bonchev–Trinajstić information content (AvgIpc) is 2.84. The first-order chi connectivity index (χ1) is 16.0. The van der Waals surface area contributed by atoms with E-state index in [1.807, 2.05) is 78.9 Å². The van der Waals surface area contributed by atoms with E-state index in [0.29, 0.717) is 28.7 Å². The van der Waals surface area contributed by atoms with Gasteiger partial charge in [-0.05, 0) is 53.4 Å². The van der Waals surface area contributed by atoms with Crippen molar-refractivity contribution in [3.8, 4) is 11.3 Å². The summed E-state index contributed by atoms with van der Waals surface area (Å²) >= 11 is 6.37. The zero-order valence-electron chi connectivity index (χ0n) is 18.7. The summed E-state index contributed by atoms with van der Waals surface area (Å²) in [6.07, 6.45) is 1.71. The third-order valence-electron chi connectivity index (χ3n) is 5.46. The van der Waals surface area contributed by atoms with E-state index in [4.69, 9.17) is 11.6 Å². The van der Waals surface area contributed by atoms with E-state index in [0.717, 1.165) is 22.5 Å². The second-order valence-corrected chi connectivity index (χ2v) is 8.57. The van der Waals surface area contributed by atoms with Gasteiger partial charge in [0.2, 0.25) is 0 Å². The molecule has 0 spiro atoms. The van der Waals surface area contributed by atoms with Crippen LogP contribution in [0.25, 0.3) is 11.3 Å². The summed E-state index contributed by atoms with van der Waals surface area (Å²) in [6.45, 7) is 4.88. The molecule has 0 radical (unpaired) electrons. The van der Waals surface area contributed by atoms with Gasteiger partial charge in [-0.15, -0.1) is 0 Å². The Morgan fingerprint density at radius 2 is 1.70 bits per heavy atom. The molecule has 0 atom stereocenters. The number of nitrogens with zero attached hydrogens (tertiary/aromatic N) is 1. The molecule has 0 saturated heterocycles. The van der Waals surface area contributed by atoms with Gasteiger partial charge in [-0.3, -0.25) is 9.78 Å². The van der Waals surface area contributed by atoms with Gasteiger partial charge < -0.3 is 10.6 Å². The maximum atomic E-state index is 13.2. The first kappa shape index (κ1) is 22.6. The van der Waals surface area contributed by atoms with Crippen LogP contribution in [-0.2, 0) is 6.54 Å². The monoisotopic (exact) mass is 455 g/mol. The minimum atomic E-state index is -0.179. The minimum absolute atomic E-state index is 0.179. The lowest BCUT2D eigenvalue weighted by atomic mass is 10.0. The highest BCUT2D eigenvalue weighted by Crippen LogP contribution is 2.30. The quantitative estimate of drug-likeness (QED) is 0.305. The van der Waals surface area contributed by atoms with Gasteiger partial charge in [-0.2, -0.15) is 0 Å². The normalized spacial score (nSPS) is 10.8. The summed E-state index contributed by atoms with van der Waals surface area (Å²) in [5.74, 6) is 0.260. The second-order valence-electron chi connectivity index (χ2n) is 8.16. The Balaban J connectivity index is 1.63. The molecule has 0 unspecified atom stereocenters. The van der Waals surface area contributed by atoms with Gasteiger partial charge in [0.05, 0.1) is 16.3 Å². The van der Waals surface area contributed by atoms with Gasteiger partial charge in [0.1, 0.15) is 0 Å². The van der Waals surface area contributed by atoms with Crippen LogP contribution in [0.1, 0.15) is 41.3 Å². The summed E-state index contributed by atoms with van der Waals surface area (Å²) in [7, 11) is 0. The van der Waals surface area contributed by atoms with Crippen LogP contribution in [0.3, 0.4) is 0 Å². The van der Waals surface area contributed by atoms with E-state index in [1.165, 1.54) is 5.56 Å².